The summed E-state index contributed by atoms with van der Waals surface area (Å²) < 4.78 is 0.966. The number of thiophene rings is 1. The third kappa shape index (κ3) is 2.79. The molecule has 1 aromatic rings. The lowest BCUT2D eigenvalue weighted by molar-refractivity contribution is -0.142. The van der Waals surface area contributed by atoms with E-state index < -0.39 is 11.5 Å². The van der Waals surface area contributed by atoms with E-state index in [9.17, 15) is 4.79 Å². The van der Waals surface area contributed by atoms with Crippen molar-refractivity contribution in [2.45, 2.75) is 18.9 Å². The number of carboxylic acids is 1. The zero-order valence-electron chi connectivity index (χ0n) is 7.08. The summed E-state index contributed by atoms with van der Waals surface area (Å²) in [7, 11) is 0. The molecule has 0 bridgehead atoms. The van der Waals surface area contributed by atoms with Gasteiger partial charge in [-0.1, -0.05) is 0 Å². The molecule has 13 heavy (non-hydrogen) atoms. The van der Waals surface area contributed by atoms with E-state index in [1.165, 1.54) is 18.3 Å². The molecule has 0 aliphatic carbocycles. The van der Waals surface area contributed by atoms with Gasteiger partial charge in [-0.25, -0.2) is 0 Å². The highest BCUT2D eigenvalue weighted by Crippen LogP contribution is 2.23. The van der Waals surface area contributed by atoms with Crippen LogP contribution in [0, 0.1) is 0 Å². The minimum absolute atomic E-state index is 0.360. The summed E-state index contributed by atoms with van der Waals surface area (Å²) in [6, 6.07) is 1.89. The van der Waals surface area contributed by atoms with Gasteiger partial charge in [0.25, 0.3) is 0 Å². The first-order valence-electron chi connectivity index (χ1n) is 3.67. The first kappa shape index (κ1) is 10.7. The molecule has 0 radical (unpaired) electrons. The first-order valence-corrected chi connectivity index (χ1v) is 5.34. The largest absolute Gasteiger partial charge is 0.480 e. The van der Waals surface area contributed by atoms with Crippen LogP contribution < -0.4 is 5.73 Å². The molecular weight excluding hydrogens is 254 g/mol. The Bertz CT molecular complexity index is 322. The molecule has 0 saturated carbocycles. The van der Waals surface area contributed by atoms with E-state index in [1.807, 2.05) is 11.4 Å². The van der Waals surface area contributed by atoms with Gasteiger partial charge in [0, 0.05) is 21.2 Å². The van der Waals surface area contributed by atoms with Crippen LogP contribution in [0.3, 0.4) is 0 Å². The highest BCUT2D eigenvalue weighted by Gasteiger charge is 2.28. The molecule has 0 aromatic carbocycles. The van der Waals surface area contributed by atoms with Crippen LogP contribution in [0.15, 0.2) is 15.9 Å². The van der Waals surface area contributed by atoms with Crippen LogP contribution >= 0.6 is 27.3 Å². The van der Waals surface area contributed by atoms with Crippen molar-refractivity contribution in [3.8, 4) is 0 Å². The number of carboxylic acid groups (broad SMARTS) is 1. The monoisotopic (exact) mass is 263 g/mol. The summed E-state index contributed by atoms with van der Waals surface area (Å²) in [6.45, 7) is 1.52. The van der Waals surface area contributed by atoms with E-state index >= 15 is 0 Å². The Morgan fingerprint density at radius 2 is 2.46 bits per heavy atom. The Hall–Kier alpha value is -0.390. The third-order valence-corrected chi connectivity index (χ3v) is 3.35. The molecule has 1 unspecified atom stereocenters. The number of hydrogen-bond donors (Lipinski definition) is 2. The van der Waals surface area contributed by atoms with Crippen LogP contribution in [0.1, 0.15) is 11.8 Å². The summed E-state index contributed by atoms with van der Waals surface area (Å²) in [5, 5.41) is 10.7. The van der Waals surface area contributed by atoms with E-state index in [0.717, 1.165) is 9.35 Å². The van der Waals surface area contributed by atoms with Gasteiger partial charge in [0.15, 0.2) is 0 Å². The summed E-state index contributed by atoms with van der Waals surface area (Å²) in [5.74, 6) is -0.975. The lowest BCUT2D eigenvalue weighted by Gasteiger charge is -2.17. The zero-order chi connectivity index (χ0) is 10.1. The van der Waals surface area contributed by atoms with E-state index in [4.69, 9.17) is 10.8 Å². The summed E-state index contributed by atoms with van der Waals surface area (Å²) in [5.41, 5.74) is 4.42. The second-order valence-corrected chi connectivity index (χ2v) is 5.04. The predicted octanol–water partition coefficient (Wildman–Crippen LogP) is 1.86. The minimum Gasteiger partial charge on any atom is -0.480 e. The molecule has 5 heteroatoms. The predicted molar refractivity (Wildman–Crippen MR) is 56.0 cm³/mol. The van der Waals surface area contributed by atoms with Gasteiger partial charge < -0.3 is 10.8 Å². The normalized spacial score (nSPS) is 15.3. The Labute approximate surface area is 88.7 Å². The van der Waals surface area contributed by atoms with Gasteiger partial charge in [0.2, 0.25) is 0 Å². The lowest BCUT2D eigenvalue weighted by atomic mass is 9.99. The number of hydrogen-bond acceptors (Lipinski definition) is 3. The third-order valence-electron chi connectivity index (χ3n) is 1.65. The average molecular weight is 264 g/mol. The van der Waals surface area contributed by atoms with Gasteiger partial charge in [-0.15, -0.1) is 11.3 Å². The number of aliphatic carboxylic acids is 1. The van der Waals surface area contributed by atoms with Crippen molar-refractivity contribution in [1.82, 2.24) is 0 Å². The molecular formula is C8H10BrNO2S. The summed E-state index contributed by atoms with van der Waals surface area (Å²) >= 11 is 4.80. The molecule has 72 valence electrons. The second kappa shape index (κ2) is 3.77. The fourth-order valence-electron chi connectivity index (χ4n) is 0.884. The SMILES string of the molecule is CC(N)(Cc1cc(Br)cs1)C(=O)O. The molecule has 0 fully saturated rings. The first-order chi connectivity index (χ1) is 5.92. The van der Waals surface area contributed by atoms with Crippen LogP contribution in [-0.2, 0) is 11.2 Å². The highest BCUT2D eigenvalue weighted by atomic mass is 79.9. The van der Waals surface area contributed by atoms with E-state index in [2.05, 4.69) is 15.9 Å². The minimum atomic E-state index is -1.18. The van der Waals surface area contributed by atoms with Crippen LogP contribution in [0.2, 0.25) is 0 Å². The Morgan fingerprint density at radius 1 is 1.85 bits per heavy atom. The topological polar surface area (TPSA) is 63.3 Å². The van der Waals surface area contributed by atoms with Gasteiger partial charge in [0.05, 0.1) is 0 Å². The molecule has 0 aliphatic rings. The molecule has 1 rings (SSSR count). The molecule has 1 aromatic heterocycles. The lowest BCUT2D eigenvalue weighted by Crippen LogP contribution is -2.46. The van der Waals surface area contributed by atoms with Crippen molar-refractivity contribution < 1.29 is 9.90 Å². The van der Waals surface area contributed by atoms with E-state index in [-0.39, 0.29) is 0 Å². The maximum absolute atomic E-state index is 10.7. The van der Waals surface area contributed by atoms with Crippen molar-refractivity contribution in [2.24, 2.45) is 5.73 Å². The van der Waals surface area contributed by atoms with Crippen molar-refractivity contribution in [1.29, 1.82) is 0 Å². The number of rotatable bonds is 3. The molecule has 0 saturated heterocycles. The van der Waals surface area contributed by atoms with Crippen LogP contribution in [0.5, 0.6) is 0 Å². The van der Waals surface area contributed by atoms with Crippen molar-refractivity contribution in [2.75, 3.05) is 0 Å². The maximum Gasteiger partial charge on any atom is 0.323 e. The Kier molecular flexibility index (Phi) is 3.10. The highest BCUT2D eigenvalue weighted by molar-refractivity contribution is 9.10. The maximum atomic E-state index is 10.7. The van der Waals surface area contributed by atoms with Gasteiger partial charge in [-0.2, -0.15) is 0 Å². The summed E-state index contributed by atoms with van der Waals surface area (Å²) in [4.78, 5) is 11.7. The molecule has 0 spiro atoms. The van der Waals surface area contributed by atoms with E-state index in [1.54, 1.807) is 0 Å². The Morgan fingerprint density at radius 3 is 2.85 bits per heavy atom. The number of nitrogens with two attached hydrogens (primary N) is 1. The smallest absolute Gasteiger partial charge is 0.323 e. The molecule has 3 nitrogen and oxygen atoms in total. The van der Waals surface area contributed by atoms with Crippen LogP contribution in [-0.4, -0.2) is 16.6 Å². The summed E-state index contributed by atoms with van der Waals surface area (Å²) in [6.07, 6.45) is 0.360. The van der Waals surface area contributed by atoms with Gasteiger partial charge >= 0.3 is 5.97 Å². The second-order valence-electron chi connectivity index (χ2n) is 3.13. The van der Waals surface area contributed by atoms with Gasteiger partial charge in [-0.3, -0.25) is 4.79 Å². The number of halogens is 1. The van der Waals surface area contributed by atoms with Crippen LogP contribution in [0.4, 0.5) is 0 Å². The molecule has 1 atom stereocenters. The fourth-order valence-corrected chi connectivity index (χ4v) is 2.50. The van der Waals surface area contributed by atoms with Crippen LogP contribution in [0.25, 0.3) is 0 Å². The Balaban J connectivity index is 2.74. The van der Waals surface area contributed by atoms with Gasteiger partial charge in [-0.05, 0) is 28.9 Å². The standard InChI is InChI=1S/C8H10BrNO2S/c1-8(10,7(11)12)3-6-2-5(9)4-13-6/h2,4H,3,10H2,1H3,(H,11,12). The molecule has 1 heterocycles. The van der Waals surface area contributed by atoms with Crippen molar-refractivity contribution in [3.63, 3.8) is 0 Å². The molecule has 0 amide bonds. The average Bonchev–Trinajstić information content (AvgIpc) is 2.34. The fraction of sp³-hybridized carbons (Fsp3) is 0.375. The molecule has 3 N–H and O–H groups in total. The number of carbonyl (C=O) groups is 1. The zero-order valence-corrected chi connectivity index (χ0v) is 9.48. The van der Waals surface area contributed by atoms with E-state index in [0.29, 0.717) is 6.42 Å². The quantitative estimate of drug-likeness (QED) is 0.875. The van der Waals surface area contributed by atoms with Gasteiger partial charge in [0.1, 0.15) is 5.54 Å². The van der Waals surface area contributed by atoms with Crippen molar-refractivity contribution in [3.05, 3.63) is 20.8 Å². The van der Waals surface area contributed by atoms with Crippen molar-refractivity contribution >= 4 is 33.2 Å². The molecule has 0 aliphatic heterocycles.